The van der Waals surface area contributed by atoms with Gasteiger partial charge in [0.1, 0.15) is 10.8 Å². The van der Waals surface area contributed by atoms with E-state index in [1.165, 1.54) is 44.5 Å². The highest BCUT2D eigenvalue weighted by atomic mass is 35.5. The Hall–Kier alpha value is -2.58. The Morgan fingerprint density at radius 2 is 2.04 bits per heavy atom. The van der Waals surface area contributed by atoms with E-state index in [-0.39, 0.29) is 33.1 Å². The van der Waals surface area contributed by atoms with Crippen LogP contribution in [0.25, 0.3) is 0 Å². The van der Waals surface area contributed by atoms with Crippen LogP contribution in [0.3, 0.4) is 0 Å². The summed E-state index contributed by atoms with van der Waals surface area (Å²) in [6, 6.07) is 5.25. The average molecular weight is 387 g/mol. The molecule has 1 atom stereocenters. The maximum absolute atomic E-state index is 11.5. The molecule has 1 heterocycles. The first-order chi connectivity index (χ1) is 11.8. The van der Waals surface area contributed by atoms with Crippen molar-refractivity contribution in [3.05, 3.63) is 50.6 Å². The molecule has 0 bridgehead atoms. The molecule has 0 saturated carbocycles. The van der Waals surface area contributed by atoms with Crippen LogP contribution < -0.4 is 9.47 Å². The zero-order chi connectivity index (χ0) is 18.6. The SMILES string of the molecule is COC(=O)C(C)Oc1cc(Oc2nccc(Cl)c2Cl)ccc1[N+](=O)[O-]. The molecule has 0 radical (unpaired) electrons. The Labute approximate surface area is 152 Å². The molecule has 1 unspecified atom stereocenters. The number of carbonyl (C=O) groups is 1. The number of benzene rings is 1. The minimum Gasteiger partial charge on any atom is -0.472 e. The third-order valence-electron chi connectivity index (χ3n) is 2.99. The number of esters is 1. The second kappa shape index (κ2) is 8.00. The normalized spacial score (nSPS) is 11.5. The maximum Gasteiger partial charge on any atom is 0.346 e. The second-order valence-electron chi connectivity index (χ2n) is 4.68. The minimum absolute atomic E-state index is 0.0231. The molecule has 2 aromatic rings. The van der Waals surface area contributed by atoms with Gasteiger partial charge in [-0.2, -0.15) is 0 Å². The van der Waals surface area contributed by atoms with Crippen LogP contribution in [-0.4, -0.2) is 29.1 Å². The van der Waals surface area contributed by atoms with E-state index < -0.39 is 17.0 Å². The topological polar surface area (TPSA) is 101 Å². The molecule has 0 amide bonds. The van der Waals surface area contributed by atoms with Crippen molar-refractivity contribution in [2.24, 2.45) is 0 Å². The molecule has 0 aliphatic heterocycles. The molecule has 132 valence electrons. The quantitative estimate of drug-likeness (QED) is 0.419. The van der Waals surface area contributed by atoms with Gasteiger partial charge in [-0.1, -0.05) is 23.2 Å². The summed E-state index contributed by atoms with van der Waals surface area (Å²) in [7, 11) is 1.18. The van der Waals surface area contributed by atoms with E-state index in [2.05, 4.69) is 9.72 Å². The van der Waals surface area contributed by atoms with Crippen molar-refractivity contribution in [3.8, 4) is 17.4 Å². The van der Waals surface area contributed by atoms with Gasteiger partial charge in [-0.25, -0.2) is 9.78 Å². The van der Waals surface area contributed by atoms with Gasteiger partial charge in [-0.3, -0.25) is 10.1 Å². The lowest BCUT2D eigenvalue weighted by molar-refractivity contribution is -0.386. The summed E-state index contributed by atoms with van der Waals surface area (Å²) in [4.78, 5) is 25.9. The lowest BCUT2D eigenvalue weighted by atomic mass is 10.2. The summed E-state index contributed by atoms with van der Waals surface area (Å²) >= 11 is 11.9. The molecular weight excluding hydrogens is 375 g/mol. The van der Waals surface area contributed by atoms with Gasteiger partial charge < -0.3 is 14.2 Å². The molecule has 0 fully saturated rings. The van der Waals surface area contributed by atoms with Gasteiger partial charge in [0.2, 0.25) is 11.6 Å². The number of hydrogen-bond donors (Lipinski definition) is 0. The number of aromatic nitrogens is 1. The maximum atomic E-state index is 11.5. The number of methoxy groups -OCH3 is 1. The Kier molecular flexibility index (Phi) is 6.00. The standard InChI is InChI=1S/C15H12Cl2N2O6/c1-8(15(20)23-2)24-12-7-9(3-4-11(12)19(21)22)25-14-13(17)10(16)5-6-18-14/h3-8H,1-2H3. The number of halogens is 2. The fourth-order valence-corrected chi connectivity index (χ4v) is 2.08. The molecule has 25 heavy (non-hydrogen) atoms. The van der Waals surface area contributed by atoms with Gasteiger partial charge in [0, 0.05) is 18.3 Å². The minimum atomic E-state index is -1.05. The van der Waals surface area contributed by atoms with Crippen molar-refractivity contribution < 1.29 is 23.9 Å². The number of hydrogen-bond acceptors (Lipinski definition) is 7. The predicted molar refractivity (Wildman–Crippen MR) is 89.5 cm³/mol. The van der Waals surface area contributed by atoms with Crippen LogP contribution in [-0.2, 0) is 9.53 Å². The van der Waals surface area contributed by atoms with Gasteiger partial charge in [-0.05, 0) is 19.1 Å². The largest absolute Gasteiger partial charge is 0.472 e. The average Bonchev–Trinajstić information content (AvgIpc) is 2.58. The van der Waals surface area contributed by atoms with Crippen molar-refractivity contribution in [1.29, 1.82) is 0 Å². The summed E-state index contributed by atoms with van der Waals surface area (Å²) < 4.78 is 15.3. The van der Waals surface area contributed by atoms with E-state index in [0.717, 1.165) is 0 Å². The monoisotopic (exact) mass is 386 g/mol. The second-order valence-corrected chi connectivity index (χ2v) is 5.47. The summed E-state index contributed by atoms with van der Waals surface area (Å²) in [5.41, 5.74) is -0.340. The molecule has 0 saturated heterocycles. The molecule has 0 aliphatic carbocycles. The Morgan fingerprint density at radius 3 is 2.68 bits per heavy atom. The van der Waals surface area contributed by atoms with Crippen LogP contribution in [0.2, 0.25) is 10.0 Å². The van der Waals surface area contributed by atoms with Gasteiger partial charge in [0.05, 0.1) is 17.1 Å². The molecule has 8 nitrogen and oxygen atoms in total. The van der Waals surface area contributed by atoms with Crippen LogP contribution in [0.5, 0.6) is 17.4 Å². The number of rotatable bonds is 6. The van der Waals surface area contributed by atoms with Crippen LogP contribution in [0.4, 0.5) is 5.69 Å². The first-order valence-corrected chi connectivity index (χ1v) is 7.60. The molecule has 10 heteroatoms. The van der Waals surface area contributed by atoms with Crippen LogP contribution in [0.15, 0.2) is 30.5 Å². The molecule has 0 aliphatic rings. The number of carbonyl (C=O) groups excluding carboxylic acids is 1. The van der Waals surface area contributed by atoms with E-state index in [0.29, 0.717) is 0 Å². The van der Waals surface area contributed by atoms with Crippen LogP contribution >= 0.6 is 23.2 Å². The zero-order valence-corrected chi connectivity index (χ0v) is 14.6. The van der Waals surface area contributed by atoms with E-state index in [1.807, 2.05) is 0 Å². The number of nitro groups is 1. The van der Waals surface area contributed by atoms with Gasteiger partial charge in [0.25, 0.3) is 0 Å². The zero-order valence-electron chi connectivity index (χ0n) is 13.1. The number of pyridine rings is 1. The smallest absolute Gasteiger partial charge is 0.346 e. The Balaban J connectivity index is 2.34. The van der Waals surface area contributed by atoms with E-state index >= 15 is 0 Å². The van der Waals surface area contributed by atoms with E-state index in [4.69, 9.17) is 32.7 Å². The highest BCUT2D eigenvalue weighted by molar-refractivity contribution is 6.42. The number of nitro benzene ring substituents is 1. The van der Waals surface area contributed by atoms with Gasteiger partial charge in [-0.15, -0.1) is 0 Å². The van der Waals surface area contributed by atoms with Gasteiger partial charge in [0.15, 0.2) is 6.10 Å². The van der Waals surface area contributed by atoms with E-state index in [1.54, 1.807) is 0 Å². The molecule has 0 spiro atoms. The first-order valence-electron chi connectivity index (χ1n) is 6.84. The lowest BCUT2D eigenvalue weighted by Crippen LogP contribution is -2.25. The number of nitrogens with zero attached hydrogens (tertiary/aromatic N) is 2. The lowest BCUT2D eigenvalue weighted by Gasteiger charge is -2.14. The Bertz CT molecular complexity index is 815. The van der Waals surface area contributed by atoms with Gasteiger partial charge >= 0.3 is 11.7 Å². The number of ether oxygens (including phenoxy) is 3. The van der Waals surface area contributed by atoms with Crippen molar-refractivity contribution in [2.45, 2.75) is 13.0 Å². The molecule has 0 N–H and O–H groups in total. The third kappa shape index (κ3) is 4.49. The van der Waals surface area contributed by atoms with Crippen molar-refractivity contribution in [3.63, 3.8) is 0 Å². The highest BCUT2D eigenvalue weighted by Crippen LogP contribution is 2.36. The summed E-state index contributed by atoms with van der Waals surface area (Å²) in [6.45, 7) is 1.40. The fraction of sp³-hybridized carbons (Fsp3) is 0.200. The Morgan fingerprint density at radius 1 is 1.32 bits per heavy atom. The van der Waals surface area contributed by atoms with Crippen molar-refractivity contribution in [1.82, 2.24) is 4.98 Å². The molecule has 2 rings (SSSR count). The predicted octanol–water partition coefficient (Wildman–Crippen LogP) is 4.03. The van der Waals surface area contributed by atoms with Crippen molar-refractivity contribution >= 4 is 34.9 Å². The highest BCUT2D eigenvalue weighted by Gasteiger charge is 2.23. The van der Waals surface area contributed by atoms with Crippen LogP contribution in [0.1, 0.15) is 6.92 Å². The summed E-state index contributed by atoms with van der Waals surface area (Å²) in [5, 5.41) is 11.5. The van der Waals surface area contributed by atoms with E-state index in [9.17, 15) is 14.9 Å². The van der Waals surface area contributed by atoms with Crippen molar-refractivity contribution in [2.75, 3.05) is 7.11 Å². The molecule has 1 aromatic carbocycles. The molecule has 1 aromatic heterocycles. The fourth-order valence-electron chi connectivity index (χ4n) is 1.79. The first kappa shape index (κ1) is 18.8. The summed E-state index contributed by atoms with van der Waals surface area (Å²) in [6.07, 6.45) is 0.345. The van der Waals surface area contributed by atoms with Crippen LogP contribution in [0, 0.1) is 10.1 Å². The third-order valence-corrected chi connectivity index (χ3v) is 3.77. The molecular formula is C15H12Cl2N2O6. The summed E-state index contributed by atoms with van der Waals surface area (Å²) in [5.74, 6) is -0.664.